The zero-order valence-corrected chi connectivity index (χ0v) is 8.83. The topological polar surface area (TPSA) is 54.5 Å². The van der Waals surface area contributed by atoms with Crippen LogP contribution in [0.5, 0.6) is 0 Å². The van der Waals surface area contributed by atoms with Crippen molar-refractivity contribution >= 4 is 15.9 Å². The standard InChI is InChI=1S/C9H13NO3S/c1-14(12,13)10-8-4-2-3-7(5-8)6-9(10)11/h2,4,7-8H,3,5-6H2,1H3. The molecule has 2 rings (SSSR count). The summed E-state index contributed by atoms with van der Waals surface area (Å²) in [5.74, 6) is 0.0913. The number of rotatable bonds is 1. The Balaban J connectivity index is 2.36. The van der Waals surface area contributed by atoms with Crippen molar-refractivity contribution in [2.75, 3.05) is 6.26 Å². The molecule has 2 bridgehead atoms. The van der Waals surface area contributed by atoms with E-state index in [1.54, 1.807) is 0 Å². The van der Waals surface area contributed by atoms with Crippen LogP contribution >= 0.6 is 0 Å². The van der Waals surface area contributed by atoms with Crippen molar-refractivity contribution in [1.82, 2.24) is 4.31 Å². The van der Waals surface area contributed by atoms with Gasteiger partial charge in [-0.05, 0) is 18.8 Å². The molecule has 2 unspecified atom stereocenters. The molecule has 2 aliphatic rings. The Bertz CT molecular complexity index is 385. The van der Waals surface area contributed by atoms with Crippen LogP contribution in [0.4, 0.5) is 0 Å². The number of amides is 1. The van der Waals surface area contributed by atoms with Gasteiger partial charge in [-0.15, -0.1) is 0 Å². The first-order valence-electron chi connectivity index (χ1n) is 4.67. The largest absolute Gasteiger partial charge is 0.274 e. The normalized spacial score (nSPS) is 32.1. The van der Waals surface area contributed by atoms with Crippen LogP contribution in [0, 0.1) is 5.92 Å². The van der Waals surface area contributed by atoms with Crippen molar-refractivity contribution < 1.29 is 13.2 Å². The van der Waals surface area contributed by atoms with Crippen molar-refractivity contribution in [1.29, 1.82) is 0 Å². The monoisotopic (exact) mass is 215 g/mol. The molecule has 4 nitrogen and oxygen atoms in total. The van der Waals surface area contributed by atoms with Gasteiger partial charge in [0.1, 0.15) is 0 Å². The summed E-state index contributed by atoms with van der Waals surface area (Å²) in [7, 11) is -3.39. The van der Waals surface area contributed by atoms with Crippen LogP contribution in [0.25, 0.3) is 0 Å². The molecule has 14 heavy (non-hydrogen) atoms. The molecule has 0 radical (unpaired) electrons. The van der Waals surface area contributed by atoms with Gasteiger partial charge in [-0.3, -0.25) is 4.79 Å². The molecule has 0 spiro atoms. The molecule has 0 aromatic carbocycles. The Labute approximate surface area is 83.6 Å². The second-order valence-electron chi connectivity index (χ2n) is 3.99. The van der Waals surface area contributed by atoms with E-state index in [-0.39, 0.29) is 11.9 Å². The third-order valence-corrected chi connectivity index (χ3v) is 3.96. The van der Waals surface area contributed by atoms with E-state index in [9.17, 15) is 13.2 Å². The highest BCUT2D eigenvalue weighted by Crippen LogP contribution is 2.32. The molecular weight excluding hydrogens is 202 g/mol. The number of sulfonamides is 1. The van der Waals surface area contributed by atoms with Crippen LogP contribution in [0.15, 0.2) is 12.2 Å². The predicted molar refractivity (Wildman–Crippen MR) is 52.0 cm³/mol. The predicted octanol–water partition coefficient (Wildman–Crippen LogP) is 0.513. The fourth-order valence-electron chi connectivity index (χ4n) is 2.24. The molecule has 5 heteroatoms. The highest BCUT2D eigenvalue weighted by Gasteiger charge is 2.38. The third kappa shape index (κ3) is 1.56. The minimum atomic E-state index is -3.39. The van der Waals surface area contributed by atoms with Crippen molar-refractivity contribution in [3.8, 4) is 0 Å². The molecule has 0 aromatic heterocycles. The molecule has 1 saturated heterocycles. The van der Waals surface area contributed by atoms with Crippen molar-refractivity contribution in [2.24, 2.45) is 5.92 Å². The Kier molecular flexibility index (Phi) is 2.14. The van der Waals surface area contributed by atoms with E-state index in [0.29, 0.717) is 12.3 Å². The van der Waals surface area contributed by atoms with Crippen LogP contribution in [-0.2, 0) is 14.8 Å². The zero-order chi connectivity index (χ0) is 10.3. The van der Waals surface area contributed by atoms with Crippen LogP contribution in [0.1, 0.15) is 19.3 Å². The number of allylic oxidation sites excluding steroid dienone is 1. The van der Waals surface area contributed by atoms with Gasteiger partial charge in [0.25, 0.3) is 0 Å². The van der Waals surface area contributed by atoms with Crippen molar-refractivity contribution in [2.45, 2.75) is 25.3 Å². The average Bonchev–Trinajstić information content (AvgIpc) is 2.00. The van der Waals surface area contributed by atoms with E-state index in [4.69, 9.17) is 0 Å². The molecule has 0 saturated carbocycles. The van der Waals surface area contributed by atoms with Crippen LogP contribution in [0.3, 0.4) is 0 Å². The molecule has 0 aromatic rings. The first kappa shape index (κ1) is 9.71. The molecule has 78 valence electrons. The lowest BCUT2D eigenvalue weighted by molar-refractivity contribution is -0.131. The van der Waals surface area contributed by atoms with Gasteiger partial charge in [-0.2, -0.15) is 0 Å². The van der Waals surface area contributed by atoms with Crippen molar-refractivity contribution in [3.05, 3.63) is 12.2 Å². The summed E-state index contributed by atoms with van der Waals surface area (Å²) in [6, 6.07) is -0.231. The lowest BCUT2D eigenvalue weighted by atomic mass is 9.85. The minimum Gasteiger partial charge on any atom is -0.274 e. The van der Waals surface area contributed by atoms with Crippen LogP contribution < -0.4 is 0 Å². The lowest BCUT2D eigenvalue weighted by Gasteiger charge is -2.38. The number of carbonyl (C=O) groups excluding carboxylic acids is 1. The van der Waals surface area contributed by atoms with E-state index >= 15 is 0 Å². The van der Waals surface area contributed by atoms with Gasteiger partial charge in [0, 0.05) is 6.42 Å². The van der Waals surface area contributed by atoms with E-state index in [2.05, 4.69) is 0 Å². The van der Waals surface area contributed by atoms with Crippen molar-refractivity contribution in [3.63, 3.8) is 0 Å². The van der Waals surface area contributed by atoms with E-state index in [0.717, 1.165) is 23.4 Å². The summed E-state index contributed by atoms with van der Waals surface area (Å²) >= 11 is 0. The van der Waals surface area contributed by atoms with Gasteiger partial charge < -0.3 is 0 Å². The smallest absolute Gasteiger partial charge is 0.236 e. The Morgan fingerprint density at radius 3 is 2.86 bits per heavy atom. The highest BCUT2D eigenvalue weighted by molar-refractivity contribution is 7.88. The van der Waals surface area contributed by atoms with E-state index in [1.807, 2.05) is 12.2 Å². The first-order valence-corrected chi connectivity index (χ1v) is 6.52. The van der Waals surface area contributed by atoms with Gasteiger partial charge in [-0.25, -0.2) is 12.7 Å². The molecule has 1 aliphatic heterocycles. The minimum absolute atomic E-state index is 0.231. The second kappa shape index (κ2) is 3.08. The molecular formula is C9H13NO3S. The molecule has 1 fully saturated rings. The number of hydrogen-bond donors (Lipinski definition) is 0. The molecule has 1 aliphatic carbocycles. The summed E-state index contributed by atoms with van der Waals surface area (Å²) < 4.78 is 23.8. The van der Waals surface area contributed by atoms with Gasteiger partial charge in [-0.1, -0.05) is 12.2 Å². The van der Waals surface area contributed by atoms with Crippen LogP contribution in [0.2, 0.25) is 0 Å². The quantitative estimate of drug-likeness (QED) is 0.599. The molecule has 1 amide bonds. The number of carbonyl (C=O) groups is 1. The summed E-state index contributed by atoms with van der Waals surface area (Å²) in [6.07, 6.45) is 6.95. The lowest BCUT2D eigenvalue weighted by Crippen LogP contribution is -2.49. The number of hydrogen-bond acceptors (Lipinski definition) is 3. The second-order valence-corrected chi connectivity index (χ2v) is 5.85. The molecule has 2 atom stereocenters. The number of nitrogens with zero attached hydrogens (tertiary/aromatic N) is 1. The van der Waals surface area contributed by atoms with Gasteiger partial charge in [0.05, 0.1) is 12.3 Å². The van der Waals surface area contributed by atoms with Gasteiger partial charge in [0.2, 0.25) is 15.9 Å². The van der Waals surface area contributed by atoms with Gasteiger partial charge in [0.15, 0.2) is 0 Å². The Hall–Kier alpha value is -0.840. The van der Waals surface area contributed by atoms with Gasteiger partial charge >= 0.3 is 0 Å². The number of piperidine rings is 1. The Morgan fingerprint density at radius 2 is 2.21 bits per heavy atom. The maximum atomic E-state index is 11.6. The SMILES string of the molecule is CS(=O)(=O)N1C(=O)CC2CC=CC1C2. The van der Waals surface area contributed by atoms with E-state index in [1.165, 1.54) is 0 Å². The van der Waals surface area contributed by atoms with E-state index < -0.39 is 10.0 Å². The molecule has 0 N–H and O–H groups in total. The molecule has 1 heterocycles. The first-order chi connectivity index (χ1) is 6.48. The van der Waals surface area contributed by atoms with Crippen LogP contribution in [-0.4, -0.2) is 30.9 Å². The fraction of sp³-hybridized carbons (Fsp3) is 0.667. The maximum Gasteiger partial charge on any atom is 0.236 e. The average molecular weight is 215 g/mol. The highest BCUT2D eigenvalue weighted by atomic mass is 32.2. The summed E-state index contributed by atoms with van der Waals surface area (Å²) in [6.45, 7) is 0. The maximum absolute atomic E-state index is 11.6. The summed E-state index contributed by atoms with van der Waals surface area (Å²) in [5, 5.41) is 0. The third-order valence-electron chi connectivity index (χ3n) is 2.77. The Morgan fingerprint density at radius 1 is 1.50 bits per heavy atom. The number of fused-ring (bicyclic) bond motifs is 2. The fourth-order valence-corrected chi connectivity index (χ4v) is 3.33. The summed E-state index contributed by atoms with van der Waals surface area (Å²) in [5.41, 5.74) is 0. The summed E-state index contributed by atoms with van der Waals surface area (Å²) in [4.78, 5) is 11.6. The zero-order valence-electron chi connectivity index (χ0n) is 8.01.